The van der Waals surface area contributed by atoms with Gasteiger partial charge in [0, 0.05) is 6.54 Å². The van der Waals surface area contributed by atoms with Crippen molar-refractivity contribution in [2.24, 2.45) is 0 Å². The minimum atomic E-state index is -0.172. The van der Waals surface area contributed by atoms with Gasteiger partial charge in [-0.2, -0.15) is 9.97 Å². The predicted molar refractivity (Wildman–Crippen MR) is 70.9 cm³/mol. The second-order valence-corrected chi connectivity index (χ2v) is 4.50. The Balaban J connectivity index is 1.76. The average Bonchev–Trinajstić information content (AvgIpc) is 2.84. The molecule has 0 spiro atoms. The average molecular weight is 265 g/mol. The maximum Gasteiger partial charge on any atom is 0.257 e. The molecule has 2 heterocycles. The molecule has 0 aliphatic carbocycles. The molecule has 2 rings (SSSR count). The number of anilines is 1. The highest BCUT2D eigenvalue weighted by atomic mass is 16.6. The predicted octanol–water partition coefficient (Wildman–Crippen LogP) is 2.49. The van der Waals surface area contributed by atoms with E-state index in [0.717, 1.165) is 13.0 Å². The third-order valence-corrected chi connectivity index (χ3v) is 2.92. The normalized spacial score (nSPS) is 11.0. The van der Waals surface area contributed by atoms with Gasteiger partial charge in [0.1, 0.15) is 0 Å². The van der Waals surface area contributed by atoms with Crippen LogP contribution in [0.1, 0.15) is 45.4 Å². The zero-order chi connectivity index (χ0) is 13.5. The van der Waals surface area contributed by atoms with E-state index in [0.29, 0.717) is 11.5 Å². The van der Waals surface area contributed by atoms with Gasteiger partial charge in [-0.15, -0.1) is 0 Å². The van der Waals surface area contributed by atoms with E-state index in [2.05, 4.69) is 37.2 Å². The lowest BCUT2D eigenvalue weighted by Gasteiger charge is -2.05. The number of nitrogens with zero attached hydrogens (tertiary/aromatic N) is 4. The van der Waals surface area contributed by atoms with Crippen LogP contribution in [0.5, 0.6) is 5.88 Å². The minimum absolute atomic E-state index is 0.172. The highest BCUT2D eigenvalue weighted by Crippen LogP contribution is 2.19. The van der Waals surface area contributed by atoms with Crippen molar-refractivity contribution in [1.29, 1.82) is 0 Å². The summed E-state index contributed by atoms with van der Waals surface area (Å²) in [6.45, 7) is 2.96. The molecule has 0 saturated heterocycles. The summed E-state index contributed by atoms with van der Waals surface area (Å²) >= 11 is 0. The molecule has 0 aliphatic heterocycles. The van der Waals surface area contributed by atoms with Crippen molar-refractivity contribution < 1.29 is 9.74 Å². The van der Waals surface area contributed by atoms with Gasteiger partial charge in [-0.1, -0.05) is 39.0 Å². The zero-order valence-corrected chi connectivity index (χ0v) is 11.1. The fraction of sp³-hybridized carbons (Fsp3) is 0.667. The second-order valence-electron chi connectivity index (χ2n) is 4.50. The molecule has 7 nitrogen and oxygen atoms in total. The van der Waals surface area contributed by atoms with Crippen molar-refractivity contribution in [1.82, 2.24) is 20.3 Å². The molecule has 2 aromatic heterocycles. The Kier molecular flexibility index (Phi) is 4.88. The first-order chi connectivity index (χ1) is 9.31. The Morgan fingerprint density at radius 3 is 2.47 bits per heavy atom. The lowest BCUT2D eigenvalue weighted by Crippen LogP contribution is -2.04. The molecule has 0 atom stereocenters. The van der Waals surface area contributed by atoms with Crippen LogP contribution in [0.15, 0.2) is 4.63 Å². The molecule has 0 aliphatic rings. The van der Waals surface area contributed by atoms with E-state index in [9.17, 15) is 5.11 Å². The fourth-order valence-corrected chi connectivity index (χ4v) is 1.86. The topological polar surface area (TPSA) is 97.0 Å². The Morgan fingerprint density at radius 2 is 1.68 bits per heavy atom. The number of fused-ring (bicyclic) bond motifs is 1. The maximum absolute atomic E-state index is 9.65. The number of hydrogen-bond donors (Lipinski definition) is 2. The van der Waals surface area contributed by atoms with Gasteiger partial charge in [-0.3, -0.25) is 0 Å². The van der Waals surface area contributed by atoms with Crippen LogP contribution in [0.4, 0.5) is 5.82 Å². The molecule has 2 aromatic rings. The van der Waals surface area contributed by atoms with Crippen LogP contribution in [0, 0.1) is 0 Å². The van der Waals surface area contributed by atoms with Crippen LogP contribution < -0.4 is 5.32 Å². The van der Waals surface area contributed by atoms with Crippen molar-refractivity contribution in [2.45, 2.75) is 45.4 Å². The van der Waals surface area contributed by atoms with Crippen LogP contribution >= 0.6 is 0 Å². The SMILES string of the molecule is CCCCCCCCNc1nc2nonc2nc1O. The van der Waals surface area contributed by atoms with Crippen LogP contribution in [-0.4, -0.2) is 31.9 Å². The van der Waals surface area contributed by atoms with E-state index in [4.69, 9.17) is 0 Å². The largest absolute Gasteiger partial charge is 0.491 e. The lowest BCUT2D eigenvalue weighted by molar-refractivity contribution is 0.314. The molecule has 0 unspecified atom stereocenters. The van der Waals surface area contributed by atoms with Gasteiger partial charge in [0.15, 0.2) is 5.82 Å². The van der Waals surface area contributed by atoms with Gasteiger partial charge in [0.2, 0.25) is 11.3 Å². The summed E-state index contributed by atoms with van der Waals surface area (Å²) in [4.78, 5) is 7.93. The van der Waals surface area contributed by atoms with Crippen LogP contribution in [0.25, 0.3) is 11.3 Å². The second kappa shape index (κ2) is 6.86. The summed E-state index contributed by atoms with van der Waals surface area (Å²) in [6.07, 6.45) is 7.31. The molecule has 0 amide bonds. The maximum atomic E-state index is 9.65. The summed E-state index contributed by atoms with van der Waals surface area (Å²) in [5.74, 6) is 0.158. The molecule has 0 fully saturated rings. The molecule has 19 heavy (non-hydrogen) atoms. The van der Waals surface area contributed by atoms with Crippen molar-refractivity contribution in [2.75, 3.05) is 11.9 Å². The van der Waals surface area contributed by atoms with Crippen LogP contribution in [0.2, 0.25) is 0 Å². The fourth-order valence-electron chi connectivity index (χ4n) is 1.86. The first-order valence-electron chi connectivity index (χ1n) is 6.74. The standard InChI is InChI=1S/C12H19N5O2/c1-2-3-4-5-6-7-8-13-11-12(18)15-10-9(14-11)16-19-17-10/h2-8H2,1H3,(H,13,14,16)(H,15,17,18). The third kappa shape index (κ3) is 3.77. The summed E-state index contributed by atoms with van der Waals surface area (Å²) < 4.78 is 4.49. The van der Waals surface area contributed by atoms with E-state index in [1.807, 2.05) is 0 Å². The first kappa shape index (κ1) is 13.5. The van der Waals surface area contributed by atoms with Crippen molar-refractivity contribution in [3.05, 3.63) is 0 Å². The van der Waals surface area contributed by atoms with Crippen LogP contribution in [0.3, 0.4) is 0 Å². The van der Waals surface area contributed by atoms with Gasteiger partial charge in [-0.05, 0) is 16.7 Å². The molecule has 2 N–H and O–H groups in total. The number of unbranched alkanes of at least 4 members (excludes halogenated alkanes) is 5. The lowest BCUT2D eigenvalue weighted by atomic mass is 10.1. The highest BCUT2D eigenvalue weighted by molar-refractivity contribution is 5.67. The zero-order valence-electron chi connectivity index (χ0n) is 11.1. The van der Waals surface area contributed by atoms with Gasteiger partial charge < -0.3 is 10.4 Å². The molecule has 104 valence electrons. The number of nitrogens with one attached hydrogen (secondary N) is 1. The number of rotatable bonds is 8. The van der Waals surface area contributed by atoms with Crippen molar-refractivity contribution in [3.8, 4) is 5.88 Å². The molecular weight excluding hydrogens is 246 g/mol. The third-order valence-electron chi connectivity index (χ3n) is 2.92. The van der Waals surface area contributed by atoms with E-state index in [1.54, 1.807) is 0 Å². The van der Waals surface area contributed by atoms with Gasteiger partial charge in [-0.25, -0.2) is 4.63 Å². The number of hydrogen-bond acceptors (Lipinski definition) is 7. The molecule has 7 heteroatoms. The minimum Gasteiger partial charge on any atom is -0.491 e. The van der Waals surface area contributed by atoms with Crippen molar-refractivity contribution in [3.63, 3.8) is 0 Å². The van der Waals surface area contributed by atoms with E-state index in [-0.39, 0.29) is 11.5 Å². The van der Waals surface area contributed by atoms with E-state index in [1.165, 1.54) is 32.1 Å². The monoisotopic (exact) mass is 265 g/mol. The van der Waals surface area contributed by atoms with Crippen LogP contribution in [-0.2, 0) is 0 Å². The van der Waals surface area contributed by atoms with E-state index < -0.39 is 0 Å². The van der Waals surface area contributed by atoms with Gasteiger partial charge in [0.05, 0.1) is 0 Å². The smallest absolute Gasteiger partial charge is 0.257 e. The first-order valence-corrected chi connectivity index (χ1v) is 6.74. The summed E-state index contributed by atoms with van der Waals surface area (Å²) in [5, 5.41) is 19.8. The Labute approximate surface area is 111 Å². The van der Waals surface area contributed by atoms with Gasteiger partial charge in [0.25, 0.3) is 5.88 Å². The van der Waals surface area contributed by atoms with Crippen molar-refractivity contribution >= 4 is 17.1 Å². The van der Waals surface area contributed by atoms with E-state index >= 15 is 0 Å². The molecule has 0 radical (unpaired) electrons. The Hall–Kier alpha value is -1.92. The van der Waals surface area contributed by atoms with Gasteiger partial charge >= 0.3 is 0 Å². The quantitative estimate of drug-likeness (QED) is 0.707. The molecule has 0 bridgehead atoms. The molecule has 0 saturated carbocycles. The highest BCUT2D eigenvalue weighted by Gasteiger charge is 2.10. The summed E-state index contributed by atoms with van der Waals surface area (Å²) in [6, 6.07) is 0. The number of aromatic nitrogens is 4. The molecule has 0 aromatic carbocycles. The number of aromatic hydroxyl groups is 1. The summed E-state index contributed by atoms with van der Waals surface area (Å²) in [7, 11) is 0. The Morgan fingerprint density at radius 1 is 1.00 bits per heavy atom. The molecular formula is C12H19N5O2. The Bertz CT molecular complexity index is 514. The summed E-state index contributed by atoms with van der Waals surface area (Å²) in [5.41, 5.74) is 0.505.